The molecule has 3 N–H and O–H groups in total. The molecule has 0 saturated carbocycles. The second-order valence-electron chi connectivity index (χ2n) is 8.12. The molecule has 1 saturated heterocycles. The molecule has 3 rings (SSSR count). The molecule has 1 aromatic heterocycles. The van der Waals surface area contributed by atoms with Crippen molar-refractivity contribution in [2.75, 3.05) is 38.5 Å². The average Bonchev–Trinajstić information content (AvgIpc) is 3.27. The number of rotatable bonds is 8. The highest BCUT2D eigenvalue weighted by atomic mass is 32.1. The Morgan fingerprint density at radius 2 is 2.03 bits per heavy atom. The van der Waals surface area contributed by atoms with E-state index in [2.05, 4.69) is 64.5 Å². The average molecular weight is 442 g/mol. The van der Waals surface area contributed by atoms with Crippen molar-refractivity contribution in [3.63, 3.8) is 0 Å². The van der Waals surface area contributed by atoms with Gasteiger partial charge in [0.2, 0.25) is 5.91 Å². The fourth-order valence-electron chi connectivity index (χ4n) is 4.19. The molecule has 0 spiro atoms. The lowest BCUT2D eigenvalue weighted by Crippen LogP contribution is -2.40. The number of carbonyl (C=O) groups is 1. The second-order valence-corrected chi connectivity index (χ2v) is 9.10. The first-order valence-corrected chi connectivity index (χ1v) is 12.1. The minimum absolute atomic E-state index is 0.0496. The monoisotopic (exact) mass is 441 g/mol. The van der Waals surface area contributed by atoms with Crippen LogP contribution in [0.25, 0.3) is 0 Å². The van der Waals surface area contributed by atoms with Gasteiger partial charge < -0.3 is 16.0 Å². The molecule has 1 aliphatic heterocycles. The van der Waals surface area contributed by atoms with E-state index in [1.165, 1.54) is 30.2 Å². The number of anilines is 1. The zero-order valence-corrected chi connectivity index (χ0v) is 19.7. The van der Waals surface area contributed by atoms with Gasteiger partial charge in [-0.2, -0.15) is 0 Å². The Morgan fingerprint density at radius 1 is 1.23 bits per heavy atom. The van der Waals surface area contributed by atoms with E-state index >= 15 is 0 Å². The summed E-state index contributed by atoms with van der Waals surface area (Å²) in [5.74, 6) is 1.37. The van der Waals surface area contributed by atoms with Crippen LogP contribution < -0.4 is 16.0 Å². The lowest BCUT2D eigenvalue weighted by Gasteiger charge is -2.38. The summed E-state index contributed by atoms with van der Waals surface area (Å²) in [6.07, 6.45) is 3.35. The first-order chi connectivity index (χ1) is 15.1. The summed E-state index contributed by atoms with van der Waals surface area (Å²) in [6.45, 7) is 7.25. The number of nitrogens with one attached hydrogen (secondary N) is 3. The third-order valence-electron chi connectivity index (χ3n) is 5.65. The quantitative estimate of drug-likeness (QED) is 0.429. The van der Waals surface area contributed by atoms with E-state index in [1.807, 2.05) is 23.5 Å². The molecule has 1 amide bonds. The Kier molecular flexibility index (Phi) is 8.91. The molecule has 1 fully saturated rings. The van der Waals surface area contributed by atoms with Gasteiger partial charge in [-0.1, -0.05) is 18.2 Å². The van der Waals surface area contributed by atoms with Crippen molar-refractivity contribution in [3.8, 4) is 0 Å². The molecule has 0 bridgehead atoms. The molecule has 1 aromatic carbocycles. The largest absolute Gasteiger partial charge is 0.357 e. The molecular formula is C24H35N5OS. The third-order valence-corrected chi connectivity index (χ3v) is 6.59. The summed E-state index contributed by atoms with van der Waals surface area (Å²) in [4.78, 5) is 20.0. The minimum atomic E-state index is -0.0496. The Balaban J connectivity index is 1.55. The van der Waals surface area contributed by atoms with Gasteiger partial charge in [-0.3, -0.25) is 14.7 Å². The molecule has 0 radical (unpaired) electrons. The van der Waals surface area contributed by atoms with E-state index in [-0.39, 0.29) is 5.91 Å². The van der Waals surface area contributed by atoms with Crippen LogP contribution in [0.3, 0.4) is 0 Å². The van der Waals surface area contributed by atoms with E-state index in [1.54, 1.807) is 0 Å². The number of guanidine groups is 1. The number of amides is 1. The van der Waals surface area contributed by atoms with Crippen molar-refractivity contribution in [2.24, 2.45) is 10.9 Å². The summed E-state index contributed by atoms with van der Waals surface area (Å²) in [5, 5.41) is 11.8. The van der Waals surface area contributed by atoms with Gasteiger partial charge in [-0.05, 0) is 74.8 Å². The number of benzene rings is 1. The summed E-state index contributed by atoms with van der Waals surface area (Å²) < 4.78 is 0. The van der Waals surface area contributed by atoms with E-state index in [4.69, 9.17) is 4.99 Å². The van der Waals surface area contributed by atoms with Crippen LogP contribution in [0.15, 0.2) is 46.8 Å². The number of thiophene rings is 1. The fraction of sp³-hybridized carbons (Fsp3) is 0.500. The molecule has 2 unspecified atom stereocenters. The predicted molar refractivity (Wildman–Crippen MR) is 131 cm³/mol. The Labute approximate surface area is 190 Å². The Bertz CT molecular complexity index is 834. The highest BCUT2D eigenvalue weighted by Gasteiger charge is 2.31. The normalized spacial score (nSPS) is 19.8. The van der Waals surface area contributed by atoms with Crippen molar-refractivity contribution in [3.05, 3.63) is 52.2 Å². The number of carbonyl (C=O) groups excluding carboxylic acids is 1. The number of aliphatic imine (C=N–C) groups is 1. The Morgan fingerprint density at radius 3 is 2.71 bits per heavy atom. The van der Waals surface area contributed by atoms with Crippen molar-refractivity contribution in [1.82, 2.24) is 15.5 Å². The van der Waals surface area contributed by atoms with Crippen LogP contribution in [0.4, 0.5) is 5.69 Å². The van der Waals surface area contributed by atoms with Gasteiger partial charge >= 0.3 is 0 Å². The molecule has 1 aliphatic rings. The zero-order chi connectivity index (χ0) is 22.1. The van der Waals surface area contributed by atoms with Gasteiger partial charge in [0.05, 0.1) is 0 Å². The number of likely N-dealkylation sites (tertiary alicyclic amines) is 1. The van der Waals surface area contributed by atoms with Crippen LogP contribution in [-0.2, 0) is 11.2 Å². The molecule has 7 heteroatoms. The van der Waals surface area contributed by atoms with Crippen LogP contribution in [0, 0.1) is 5.92 Å². The Hall–Kier alpha value is -2.38. The molecule has 2 heterocycles. The van der Waals surface area contributed by atoms with Gasteiger partial charge in [0.25, 0.3) is 0 Å². The molecule has 2 atom stereocenters. The van der Waals surface area contributed by atoms with E-state index in [0.29, 0.717) is 12.0 Å². The summed E-state index contributed by atoms with van der Waals surface area (Å²) in [7, 11) is 2.24. The predicted octanol–water partition coefficient (Wildman–Crippen LogP) is 3.89. The van der Waals surface area contributed by atoms with Crippen LogP contribution in [-0.4, -0.2) is 50.0 Å². The smallest absolute Gasteiger partial charge is 0.221 e. The van der Waals surface area contributed by atoms with E-state index in [0.717, 1.165) is 44.2 Å². The van der Waals surface area contributed by atoms with Crippen molar-refractivity contribution >= 4 is 28.9 Å². The number of piperidine rings is 1. The summed E-state index contributed by atoms with van der Waals surface area (Å²) in [6, 6.07) is 12.9. The van der Waals surface area contributed by atoms with E-state index < -0.39 is 0 Å². The molecular weight excluding hydrogens is 406 g/mol. The fourth-order valence-corrected chi connectivity index (χ4v) is 5.18. The van der Waals surface area contributed by atoms with Gasteiger partial charge in [-0.25, -0.2) is 0 Å². The van der Waals surface area contributed by atoms with Crippen LogP contribution in [0.1, 0.15) is 43.2 Å². The molecule has 0 aliphatic carbocycles. The SMILES string of the molecule is CCNC(=NCC1CCCN(C)C1c1cccs1)NCCc1ccc(NC(C)=O)cc1. The number of hydrogen-bond acceptors (Lipinski definition) is 4. The van der Waals surface area contributed by atoms with Crippen molar-refractivity contribution < 1.29 is 4.79 Å². The van der Waals surface area contributed by atoms with Crippen molar-refractivity contribution in [1.29, 1.82) is 0 Å². The molecule has 168 valence electrons. The third kappa shape index (κ3) is 7.08. The summed E-state index contributed by atoms with van der Waals surface area (Å²) in [5.41, 5.74) is 2.06. The maximum atomic E-state index is 11.1. The van der Waals surface area contributed by atoms with Gasteiger partial charge in [0.1, 0.15) is 0 Å². The number of nitrogens with zero attached hydrogens (tertiary/aromatic N) is 2. The van der Waals surface area contributed by atoms with Gasteiger partial charge in [0, 0.05) is 43.2 Å². The van der Waals surface area contributed by atoms with Crippen LogP contribution in [0.5, 0.6) is 0 Å². The molecule has 2 aromatic rings. The van der Waals surface area contributed by atoms with Crippen molar-refractivity contribution in [2.45, 2.75) is 39.2 Å². The van der Waals surface area contributed by atoms with Gasteiger partial charge in [0.15, 0.2) is 5.96 Å². The van der Waals surface area contributed by atoms with E-state index in [9.17, 15) is 4.79 Å². The van der Waals surface area contributed by atoms with Gasteiger partial charge in [-0.15, -0.1) is 11.3 Å². The topological polar surface area (TPSA) is 68.8 Å². The molecule has 6 nitrogen and oxygen atoms in total. The highest BCUT2D eigenvalue weighted by molar-refractivity contribution is 7.10. The highest BCUT2D eigenvalue weighted by Crippen LogP contribution is 2.37. The summed E-state index contributed by atoms with van der Waals surface area (Å²) >= 11 is 1.85. The van der Waals surface area contributed by atoms with Crippen LogP contribution >= 0.6 is 11.3 Å². The van der Waals surface area contributed by atoms with Crippen LogP contribution in [0.2, 0.25) is 0 Å². The number of hydrogen-bond donors (Lipinski definition) is 3. The first-order valence-electron chi connectivity index (χ1n) is 11.2. The maximum Gasteiger partial charge on any atom is 0.221 e. The lowest BCUT2D eigenvalue weighted by atomic mass is 9.88. The zero-order valence-electron chi connectivity index (χ0n) is 18.9. The minimum Gasteiger partial charge on any atom is -0.357 e. The maximum absolute atomic E-state index is 11.1. The standard InChI is InChI=1S/C24H35N5OS/c1-4-25-24(26-14-13-19-9-11-21(12-10-19)28-18(2)30)27-17-20-7-5-15-29(3)23(20)22-8-6-16-31-22/h6,8-12,16,20,23H,4-5,7,13-15,17H2,1-3H3,(H,28,30)(H2,25,26,27). The second kappa shape index (κ2) is 11.9. The first kappa shape index (κ1) is 23.3. The lowest BCUT2D eigenvalue weighted by molar-refractivity contribution is -0.114. The molecule has 31 heavy (non-hydrogen) atoms.